The summed E-state index contributed by atoms with van der Waals surface area (Å²) < 4.78 is 28.3. The number of anilines is 1. The lowest BCUT2D eigenvalue weighted by Gasteiger charge is -2.34. The van der Waals surface area contributed by atoms with Gasteiger partial charge in [0.25, 0.3) is 0 Å². The Balaban J connectivity index is 1.86. The molecule has 2 rings (SSSR count). The normalized spacial score (nSPS) is 16.8. The molecule has 1 aromatic rings. The Morgan fingerprint density at radius 1 is 1.17 bits per heavy atom. The van der Waals surface area contributed by atoms with E-state index in [0.29, 0.717) is 18.0 Å². The molecule has 1 aliphatic rings. The molecule has 6 nitrogen and oxygen atoms in total. The SMILES string of the molecule is CC(C)(C)OC(=O)N1CCC(Nc2ccc(S(C)(=O)=O)cc2)CC1. The fourth-order valence-electron chi connectivity index (χ4n) is 2.57. The van der Waals surface area contributed by atoms with Crippen LogP contribution in [0.5, 0.6) is 0 Å². The van der Waals surface area contributed by atoms with Crippen LogP contribution < -0.4 is 5.32 Å². The number of likely N-dealkylation sites (tertiary alicyclic amines) is 1. The van der Waals surface area contributed by atoms with Crippen LogP contribution in [0.1, 0.15) is 33.6 Å². The van der Waals surface area contributed by atoms with E-state index in [1.54, 1.807) is 29.2 Å². The molecule has 24 heavy (non-hydrogen) atoms. The van der Waals surface area contributed by atoms with Gasteiger partial charge in [0, 0.05) is 31.1 Å². The number of carbonyl (C=O) groups is 1. The van der Waals surface area contributed by atoms with Crippen LogP contribution in [0.3, 0.4) is 0 Å². The molecule has 0 aliphatic carbocycles. The number of hydrogen-bond donors (Lipinski definition) is 1. The van der Waals surface area contributed by atoms with Crippen molar-refractivity contribution >= 4 is 21.6 Å². The first-order valence-corrected chi connectivity index (χ1v) is 9.98. The number of benzene rings is 1. The largest absolute Gasteiger partial charge is 0.444 e. The van der Waals surface area contributed by atoms with Crippen molar-refractivity contribution in [3.63, 3.8) is 0 Å². The van der Waals surface area contributed by atoms with Crippen LogP contribution in [-0.2, 0) is 14.6 Å². The minimum Gasteiger partial charge on any atom is -0.444 e. The highest BCUT2D eigenvalue weighted by atomic mass is 32.2. The number of carbonyl (C=O) groups excluding carboxylic acids is 1. The zero-order chi connectivity index (χ0) is 18.0. The number of nitrogens with zero attached hydrogens (tertiary/aromatic N) is 1. The minimum absolute atomic E-state index is 0.257. The number of sulfone groups is 1. The van der Waals surface area contributed by atoms with Crippen LogP contribution in [0.15, 0.2) is 29.2 Å². The van der Waals surface area contributed by atoms with Crippen molar-refractivity contribution in [2.45, 2.75) is 50.2 Å². The van der Waals surface area contributed by atoms with Crippen molar-refractivity contribution in [2.24, 2.45) is 0 Å². The topological polar surface area (TPSA) is 75.7 Å². The van der Waals surface area contributed by atoms with Crippen LogP contribution in [0.2, 0.25) is 0 Å². The smallest absolute Gasteiger partial charge is 0.410 e. The first kappa shape index (κ1) is 18.6. The fourth-order valence-corrected chi connectivity index (χ4v) is 3.20. The van der Waals surface area contributed by atoms with E-state index in [9.17, 15) is 13.2 Å². The maximum Gasteiger partial charge on any atom is 0.410 e. The third-order valence-electron chi connectivity index (χ3n) is 3.80. The van der Waals surface area contributed by atoms with Gasteiger partial charge in [-0.1, -0.05) is 0 Å². The molecule has 1 saturated heterocycles. The van der Waals surface area contributed by atoms with Gasteiger partial charge in [-0.3, -0.25) is 0 Å². The first-order chi connectivity index (χ1) is 11.0. The van der Waals surface area contributed by atoms with Crippen molar-refractivity contribution in [3.8, 4) is 0 Å². The van der Waals surface area contributed by atoms with Gasteiger partial charge in [-0.25, -0.2) is 13.2 Å². The predicted octanol–water partition coefficient (Wildman–Crippen LogP) is 2.90. The van der Waals surface area contributed by atoms with E-state index in [1.165, 1.54) is 6.26 Å². The van der Waals surface area contributed by atoms with Gasteiger partial charge in [-0.2, -0.15) is 0 Å². The Bertz CT molecular complexity index is 670. The molecule has 7 heteroatoms. The van der Waals surface area contributed by atoms with E-state index in [1.807, 2.05) is 20.8 Å². The molecule has 0 aromatic heterocycles. The predicted molar refractivity (Wildman–Crippen MR) is 94.0 cm³/mol. The molecule has 1 fully saturated rings. The standard InChI is InChI=1S/C17H26N2O4S/c1-17(2,3)23-16(20)19-11-9-14(10-12-19)18-13-5-7-15(8-6-13)24(4,21)22/h5-8,14,18H,9-12H2,1-4H3. The molecular formula is C17H26N2O4S. The van der Waals surface area contributed by atoms with E-state index < -0.39 is 15.4 Å². The van der Waals surface area contributed by atoms with Crippen LogP contribution in [0.25, 0.3) is 0 Å². The average Bonchev–Trinajstić information content (AvgIpc) is 2.46. The summed E-state index contributed by atoms with van der Waals surface area (Å²) in [5, 5.41) is 3.39. The number of piperidine rings is 1. The van der Waals surface area contributed by atoms with Gasteiger partial charge in [0.15, 0.2) is 9.84 Å². The lowest BCUT2D eigenvalue weighted by molar-refractivity contribution is 0.0210. The Labute approximate surface area is 144 Å². The first-order valence-electron chi connectivity index (χ1n) is 8.09. The van der Waals surface area contributed by atoms with Crippen LogP contribution >= 0.6 is 0 Å². The van der Waals surface area contributed by atoms with Gasteiger partial charge in [-0.05, 0) is 57.9 Å². The molecule has 0 bridgehead atoms. The molecule has 0 saturated carbocycles. The molecule has 1 heterocycles. The van der Waals surface area contributed by atoms with Crippen LogP contribution in [-0.4, -0.2) is 50.4 Å². The number of ether oxygens (including phenoxy) is 1. The van der Waals surface area contributed by atoms with E-state index >= 15 is 0 Å². The molecule has 1 amide bonds. The molecule has 0 atom stereocenters. The monoisotopic (exact) mass is 354 g/mol. The molecule has 1 aromatic carbocycles. The summed E-state index contributed by atoms with van der Waals surface area (Å²) in [6, 6.07) is 7.02. The molecule has 134 valence electrons. The van der Waals surface area contributed by atoms with Gasteiger partial charge in [0.2, 0.25) is 0 Å². The maximum absolute atomic E-state index is 12.0. The number of amides is 1. The lowest BCUT2D eigenvalue weighted by atomic mass is 10.0. The summed E-state index contributed by atoms with van der Waals surface area (Å²) in [6.45, 7) is 6.88. The number of hydrogen-bond acceptors (Lipinski definition) is 5. The second kappa shape index (κ2) is 7.01. The molecule has 0 radical (unpaired) electrons. The Kier molecular flexibility index (Phi) is 5.42. The van der Waals surface area contributed by atoms with Crippen molar-refractivity contribution in [3.05, 3.63) is 24.3 Å². The summed E-state index contributed by atoms with van der Waals surface area (Å²) in [5.74, 6) is 0. The van der Waals surface area contributed by atoms with Gasteiger partial charge in [0.05, 0.1) is 4.90 Å². The average molecular weight is 354 g/mol. The Hall–Kier alpha value is -1.76. The zero-order valence-electron chi connectivity index (χ0n) is 14.7. The number of rotatable bonds is 3. The second-order valence-corrected chi connectivity index (χ2v) is 9.20. The molecular weight excluding hydrogens is 328 g/mol. The summed E-state index contributed by atoms with van der Waals surface area (Å²) >= 11 is 0. The molecule has 1 N–H and O–H groups in total. The highest BCUT2D eigenvalue weighted by molar-refractivity contribution is 7.90. The highest BCUT2D eigenvalue weighted by Crippen LogP contribution is 2.20. The summed E-state index contributed by atoms with van der Waals surface area (Å²) in [7, 11) is -3.17. The lowest BCUT2D eigenvalue weighted by Crippen LogP contribution is -2.44. The van der Waals surface area contributed by atoms with Crippen molar-refractivity contribution in [2.75, 3.05) is 24.7 Å². The van der Waals surface area contributed by atoms with E-state index in [0.717, 1.165) is 18.5 Å². The van der Waals surface area contributed by atoms with Crippen molar-refractivity contribution in [1.82, 2.24) is 4.90 Å². The molecule has 0 unspecified atom stereocenters. The maximum atomic E-state index is 12.0. The third kappa shape index (κ3) is 5.40. The fraction of sp³-hybridized carbons (Fsp3) is 0.588. The molecule has 1 aliphatic heterocycles. The zero-order valence-corrected chi connectivity index (χ0v) is 15.5. The van der Waals surface area contributed by atoms with E-state index in [2.05, 4.69) is 5.32 Å². The van der Waals surface area contributed by atoms with E-state index in [-0.39, 0.29) is 12.1 Å². The number of nitrogens with one attached hydrogen (secondary N) is 1. The van der Waals surface area contributed by atoms with Crippen LogP contribution in [0.4, 0.5) is 10.5 Å². The van der Waals surface area contributed by atoms with Gasteiger partial charge in [0.1, 0.15) is 5.60 Å². The highest BCUT2D eigenvalue weighted by Gasteiger charge is 2.26. The molecule has 0 spiro atoms. The minimum atomic E-state index is -3.17. The summed E-state index contributed by atoms with van der Waals surface area (Å²) in [5.41, 5.74) is 0.409. The Morgan fingerprint density at radius 2 is 1.71 bits per heavy atom. The van der Waals surface area contributed by atoms with Crippen molar-refractivity contribution < 1.29 is 17.9 Å². The van der Waals surface area contributed by atoms with Gasteiger partial charge in [-0.15, -0.1) is 0 Å². The van der Waals surface area contributed by atoms with Gasteiger partial charge < -0.3 is 15.0 Å². The quantitative estimate of drug-likeness (QED) is 0.903. The van der Waals surface area contributed by atoms with Crippen molar-refractivity contribution in [1.29, 1.82) is 0 Å². The van der Waals surface area contributed by atoms with Gasteiger partial charge >= 0.3 is 6.09 Å². The Morgan fingerprint density at radius 3 is 2.17 bits per heavy atom. The summed E-state index contributed by atoms with van der Waals surface area (Å²) in [4.78, 5) is 14.1. The third-order valence-corrected chi connectivity index (χ3v) is 4.93. The van der Waals surface area contributed by atoms with Crippen LogP contribution in [0, 0.1) is 0 Å². The summed E-state index contributed by atoms with van der Waals surface area (Å²) in [6.07, 6.45) is 2.58. The van der Waals surface area contributed by atoms with E-state index in [4.69, 9.17) is 4.74 Å². The second-order valence-electron chi connectivity index (χ2n) is 7.18.